The van der Waals surface area contributed by atoms with Crippen molar-refractivity contribution in [3.63, 3.8) is 0 Å². The molecule has 2 heterocycles. The maximum absolute atomic E-state index is 15.1. The summed E-state index contributed by atoms with van der Waals surface area (Å²) in [5, 5.41) is 21.0. The Kier molecular flexibility index (Phi) is 5.61. The molecule has 0 saturated heterocycles. The van der Waals surface area contributed by atoms with Crippen LogP contribution >= 0.6 is 11.6 Å². The molecule has 8 nitrogen and oxygen atoms in total. The summed E-state index contributed by atoms with van der Waals surface area (Å²) in [4.78, 5) is 32.1. The molecule has 3 N–H and O–H groups in total. The minimum Gasteiger partial charge on any atom is -0.465 e. The summed E-state index contributed by atoms with van der Waals surface area (Å²) in [6, 6.07) is 14.0. The number of nitrogens with one attached hydrogen (secondary N) is 1. The van der Waals surface area contributed by atoms with Crippen molar-refractivity contribution >= 4 is 46.3 Å². The van der Waals surface area contributed by atoms with E-state index in [0.29, 0.717) is 0 Å². The summed E-state index contributed by atoms with van der Waals surface area (Å²) in [5.74, 6) is -2.26. The van der Waals surface area contributed by atoms with Gasteiger partial charge < -0.3 is 15.2 Å². The number of imidazole rings is 1. The molecule has 3 aromatic carbocycles. The number of carboxylic acid groups (broad SMARTS) is 1. The zero-order chi connectivity index (χ0) is 26.7. The van der Waals surface area contributed by atoms with E-state index < -0.39 is 42.2 Å². The Hall–Kier alpha value is -4.16. The largest absolute Gasteiger partial charge is 0.465 e. The second-order valence-corrected chi connectivity index (χ2v) is 8.61. The monoisotopic (exact) mass is 534 g/mol. The van der Waals surface area contributed by atoms with Crippen LogP contribution in [0.5, 0.6) is 0 Å². The van der Waals surface area contributed by atoms with Gasteiger partial charge in [-0.3, -0.25) is 9.69 Å². The van der Waals surface area contributed by atoms with Crippen molar-refractivity contribution in [1.82, 2.24) is 9.97 Å². The molecule has 4 aromatic rings. The van der Waals surface area contributed by atoms with Gasteiger partial charge >= 0.3 is 12.3 Å². The summed E-state index contributed by atoms with van der Waals surface area (Å²) in [7, 11) is 0. The molecule has 1 atom stereocenters. The standard InChI is InChI=1S/C24H15ClF4N4O4/c25-15-6-3-7-18(19(15)26)33-20(34)13-4-1-2-5-14(13)24(33,37)12-8-9-16-17(10-12)31-21(30-16)32(22(35)36)11-23(27,28)29/h1-10,37H,11H2,(H,30,31)(H,35,36). The summed E-state index contributed by atoms with van der Waals surface area (Å²) >= 11 is 5.93. The first-order valence-electron chi connectivity index (χ1n) is 10.6. The number of halogens is 5. The number of rotatable bonds is 4. The van der Waals surface area contributed by atoms with Gasteiger partial charge in [0.25, 0.3) is 5.91 Å². The summed E-state index contributed by atoms with van der Waals surface area (Å²) in [5.41, 5.74) is -2.14. The van der Waals surface area contributed by atoms with E-state index >= 15 is 4.39 Å². The van der Waals surface area contributed by atoms with Crippen LogP contribution in [-0.4, -0.2) is 44.9 Å². The third-order valence-electron chi connectivity index (χ3n) is 5.93. The lowest BCUT2D eigenvalue weighted by molar-refractivity contribution is -0.119. The summed E-state index contributed by atoms with van der Waals surface area (Å²) < 4.78 is 53.8. The molecule has 0 aliphatic carbocycles. The van der Waals surface area contributed by atoms with Crippen molar-refractivity contribution in [1.29, 1.82) is 0 Å². The minimum atomic E-state index is -4.83. The fourth-order valence-electron chi connectivity index (χ4n) is 4.35. The zero-order valence-corrected chi connectivity index (χ0v) is 19.2. The highest BCUT2D eigenvalue weighted by molar-refractivity contribution is 6.31. The molecule has 0 fully saturated rings. The minimum absolute atomic E-state index is 0.00354. The highest BCUT2D eigenvalue weighted by atomic mass is 35.5. The van der Waals surface area contributed by atoms with Crippen LogP contribution in [0.3, 0.4) is 0 Å². The fourth-order valence-corrected chi connectivity index (χ4v) is 4.52. The van der Waals surface area contributed by atoms with Gasteiger partial charge in [-0.25, -0.2) is 19.1 Å². The predicted molar refractivity (Wildman–Crippen MR) is 125 cm³/mol. The number of carbonyl (C=O) groups is 2. The van der Waals surface area contributed by atoms with E-state index in [2.05, 4.69) is 9.97 Å². The van der Waals surface area contributed by atoms with Gasteiger partial charge in [-0.05, 0) is 30.3 Å². The number of amides is 2. The van der Waals surface area contributed by atoms with Crippen molar-refractivity contribution in [2.75, 3.05) is 16.3 Å². The van der Waals surface area contributed by atoms with Gasteiger partial charge in [-0.2, -0.15) is 13.2 Å². The molecular weight excluding hydrogens is 520 g/mol. The number of carbonyl (C=O) groups excluding carboxylic acids is 1. The zero-order valence-electron chi connectivity index (χ0n) is 18.4. The molecule has 1 unspecified atom stereocenters. The van der Waals surface area contributed by atoms with Crippen LogP contribution in [0.25, 0.3) is 11.0 Å². The number of alkyl halides is 3. The molecule has 13 heteroatoms. The average Bonchev–Trinajstić information content (AvgIpc) is 3.36. The van der Waals surface area contributed by atoms with Crippen LogP contribution in [0.2, 0.25) is 5.02 Å². The average molecular weight is 535 g/mol. The Morgan fingerprint density at radius 2 is 1.86 bits per heavy atom. The van der Waals surface area contributed by atoms with E-state index in [4.69, 9.17) is 11.6 Å². The predicted octanol–water partition coefficient (Wildman–Crippen LogP) is 5.26. The Bertz CT molecular complexity index is 1570. The van der Waals surface area contributed by atoms with Crippen LogP contribution in [0.15, 0.2) is 60.7 Å². The number of anilines is 2. The molecule has 2 amide bonds. The van der Waals surface area contributed by atoms with Crippen LogP contribution in [0.1, 0.15) is 21.5 Å². The number of benzene rings is 3. The molecule has 37 heavy (non-hydrogen) atoms. The van der Waals surface area contributed by atoms with Gasteiger partial charge in [-0.15, -0.1) is 0 Å². The number of H-pyrrole nitrogens is 1. The van der Waals surface area contributed by atoms with Gasteiger partial charge in [0.2, 0.25) is 5.95 Å². The SMILES string of the molecule is O=C(O)N(CC(F)(F)F)c1nc2ccc(C3(O)c4ccccc4C(=O)N3c3cccc(Cl)c3F)cc2[nH]1. The van der Waals surface area contributed by atoms with Gasteiger partial charge in [-0.1, -0.05) is 41.9 Å². The van der Waals surface area contributed by atoms with Crippen molar-refractivity contribution < 1.29 is 37.4 Å². The Labute approximate surface area is 210 Å². The number of aliphatic hydroxyl groups is 1. The lowest BCUT2D eigenvalue weighted by atomic mass is 9.93. The van der Waals surface area contributed by atoms with Crippen molar-refractivity contribution in [3.05, 3.63) is 88.2 Å². The highest BCUT2D eigenvalue weighted by Gasteiger charge is 2.51. The molecule has 0 bridgehead atoms. The van der Waals surface area contributed by atoms with Crippen molar-refractivity contribution in [2.24, 2.45) is 0 Å². The van der Waals surface area contributed by atoms with Crippen LogP contribution < -0.4 is 9.80 Å². The fraction of sp³-hybridized carbons (Fsp3) is 0.125. The molecule has 190 valence electrons. The first-order chi connectivity index (χ1) is 17.4. The first-order valence-corrected chi connectivity index (χ1v) is 11.0. The number of hydrogen-bond donors (Lipinski definition) is 3. The third kappa shape index (κ3) is 3.94. The molecule has 1 aromatic heterocycles. The number of aromatic amines is 1. The second-order valence-electron chi connectivity index (χ2n) is 8.21. The van der Waals surface area contributed by atoms with E-state index in [1.165, 1.54) is 48.5 Å². The molecule has 0 saturated carbocycles. The van der Waals surface area contributed by atoms with Crippen molar-refractivity contribution in [3.8, 4) is 0 Å². The van der Waals surface area contributed by atoms with E-state index in [1.807, 2.05) is 0 Å². The third-order valence-corrected chi connectivity index (χ3v) is 6.22. The van der Waals surface area contributed by atoms with E-state index in [-0.39, 0.29) is 43.3 Å². The number of hydrogen-bond acceptors (Lipinski definition) is 4. The summed E-state index contributed by atoms with van der Waals surface area (Å²) in [6.45, 7) is -1.80. The maximum Gasteiger partial charge on any atom is 0.414 e. The van der Waals surface area contributed by atoms with E-state index in [0.717, 1.165) is 4.90 Å². The van der Waals surface area contributed by atoms with Crippen LogP contribution in [-0.2, 0) is 5.72 Å². The molecule has 1 aliphatic heterocycles. The Balaban J connectivity index is 1.68. The highest BCUT2D eigenvalue weighted by Crippen LogP contribution is 2.46. The first kappa shape index (κ1) is 24.5. The van der Waals surface area contributed by atoms with Crippen LogP contribution in [0.4, 0.5) is 34.0 Å². The van der Waals surface area contributed by atoms with Gasteiger partial charge in [0.1, 0.15) is 6.54 Å². The topological polar surface area (TPSA) is 110 Å². The van der Waals surface area contributed by atoms with Gasteiger partial charge in [0.15, 0.2) is 11.5 Å². The van der Waals surface area contributed by atoms with Crippen molar-refractivity contribution in [2.45, 2.75) is 11.9 Å². The summed E-state index contributed by atoms with van der Waals surface area (Å²) in [6.07, 6.45) is -6.71. The molecule has 0 spiro atoms. The van der Waals surface area contributed by atoms with E-state index in [9.17, 15) is 33.0 Å². The molecule has 5 rings (SSSR count). The normalized spacial score (nSPS) is 17.4. The lowest BCUT2D eigenvalue weighted by Gasteiger charge is -2.35. The second kappa shape index (κ2) is 8.46. The number of aromatic nitrogens is 2. The smallest absolute Gasteiger partial charge is 0.414 e. The Morgan fingerprint density at radius 1 is 1.14 bits per heavy atom. The lowest BCUT2D eigenvalue weighted by Crippen LogP contribution is -2.45. The van der Waals surface area contributed by atoms with Crippen LogP contribution in [0, 0.1) is 5.82 Å². The van der Waals surface area contributed by atoms with Gasteiger partial charge in [0, 0.05) is 16.7 Å². The van der Waals surface area contributed by atoms with Gasteiger partial charge in [0.05, 0.1) is 21.7 Å². The Morgan fingerprint density at radius 3 is 2.57 bits per heavy atom. The molecular formula is C24H15ClF4N4O4. The molecule has 0 radical (unpaired) electrons. The number of fused-ring (bicyclic) bond motifs is 2. The van der Waals surface area contributed by atoms with E-state index in [1.54, 1.807) is 12.1 Å². The number of nitrogens with zero attached hydrogens (tertiary/aromatic N) is 3. The maximum atomic E-state index is 15.1. The quantitative estimate of drug-likeness (QED) is 0.310. The molecule has 1 aliphatic rings.